The van der Waals surface area contributed by atoms with Gasteiger partial charge in [0.1, 0.15) is 5.82 Å². The fourth-order valence-corrected chi connectivity index (χ4v) is 1.99. The molecule has 0 saturated carbocycles. The maximum atomic E-state index is 13.6. The van der Waals surface area contributed by atoms with Gasteiger partial charge < -0.3 is 10.6 Å². The van der Waals surface area contributed by atoms with Gasteiger partial charge in [0.15, 0.2) is 11.6 Å². The Morgan fingerprint density at radius 2 is 2.00 bits per heavy atom. The third kappa shape index (κ3) is 4.11. The molecule has 2 rings (SSSR count). The predicted molar refractivity (Wildman–Crippen MR) is 79.5 cm³/mol. The number of anilines is 2. The second-order valence-corrected chi connectivity index (χ2v) is 4.67. The van der Waals surface area contributed by atoms with Crippen LogP contribution < -0.4 is 10.6 Å². The molecule has 0 unspecified atom stereocenters. The number of nitrogens with one attached hydrogen (secondary N) is 2. The summed E-state index contributed by atoms with van der Waals surface area (Å²) in [5.74, 6) is -0.186. The highest BCUT2D eigenvalue weighted by Gasteiger charge is 2.06. The highest BCUT2D eigenvalue weighted by atomic mass is 19.1. The Labute approximate surface area is 122 Å². The number of hydrogen-bond donors (Lipinski definition) is 2. The number of nitrogens with zero attached hydrogens (tertiary/aromatic N) is 2. The molecular formula is C15H18F2N4. The highest BCUT2D eigenvalue weighted by Crippen LogP contribution is 2.14. The molecule has 1 aromatic carbocycles. The Balaban J connectivity index is 1.98. The Kier molecular flexibility index (Phi) is 5.03. The van der Waals surface area contributed by atoms with Crippen LogP contribution in [0, 0.1) is 18.6 Å². The fraction of sp³-hybridized carbons (Fsp3) is 0.333. The summed E-state index contributed by atoms with van der Waals surface area (Å²) in [7, 11) is 0. The van der Waals surface area contributed by atoms with Gasteiger partial charge in [-0.1, -0.05) is 6.07 Å². The minimum Gasteiger partial charge on any atom is -0.367 e. The monoisotopic (exact) mass is 292 g/mol. The molecule has 2 aromatic rings. The molecule has 1 heterocycles. The molecule has 0 amide bonds. The van der Waals surface area contributed by atoms with Gasteiger partial charge >= 0.3 is 0 Å². The Bertz CT molecular complexity index is 617. The van der Waals surface area contributed by atoms with Crippen molar-refractivity contribution in [3.8, 4) is 0 Å². The minimum atomic E-state index is -0.493. The van der Waals surface area contributed by atoms with E-state index in [0.717, 1.165) is 17.3 Å². The summed E-state index contributed by atoms with van der Waals surface area (Å²) in [6, 6.07) is 4.66. The van der Waals surface area contributed by atoms with E-state index in [4.69, 9.17) is 0 Å². The molecule has 0 saturated heterocycles. The van der Waals surface area contributed by atoms with Crippen molar-refractivity contribution in [1.29, 1.82) is 0 Å². The van der Waals surface area contributed by atoms with Gasteiger partial charge in [-0.3, -0.25) is 0 Å². The molecule has 1 aromatic heterocycles. The minimum absolute atomic E-state index is 0.167. The standard InChI is InChI=1S/C15H18F2N4/c1-3-18-15-20-9-13(17)14(21-15)19-7-6-11-4-5-12(16)8-10(11)2/h4-5,8-9H,3,6-7H2,1-2H3,(H2,18,19,20,21). The number of hydrogen-bond acceptors (Lipinski definition) is 4. The molecule has 0 aliphatic heterocycles. The molecule has 0 aliphatic carbocycles. The maximum Gasteiger partial charge on any atom is 0.224 e. The van der Waals surface area contributed by atoms with Crippen LogP contribution in [0.1, 0.15) is 18.1 Å². The third-order valence-corrected chi connectivity index (χ3v) is 3.07. The van der Waals surface area contributed by atoms with Gasteiger partial charge in [-0.2, -0.15) is 4.98 Å². The van der Waals surface area contributed by atoms with Crippen molar-refractivity contribution < 1.29 is 8.78 Å². The molecule has 21 heavy (non-hydrogen) atoms. The van der Waals surface area contributed by atoms with Gasteiger partial charge in [0, 0.05) is 13.1 Å². The molecular weight excluding hydrogens is 274 g/mol. The van der Waals surface area contributed by atoms with Gasteiger partial charge in [-0.05, 0) is 43.5 Å². The van der Waals surface area contributed by atoms with Crippen molar-refractivity contribution in [2.45, 2.75) is 20.3 Å². The molecule has 0 spiro atoms. The van der Waals surface area contributed by atoms with Crippen LogP contribution in [-0.2, 0) is 6.42 Å². The Morgan fingerprint density at radius 3 is 2.71 bits per heavy atom. The topological polar surface area (TPSA) is 49.8 Å². The molecule has 4 nitrogen and oxygen atoms in total. The number of aryl methyl sites for hydroxylation is 1. The Morgan fingerprint density at radius 1 is 1.19 bits per heavy atom. The average molecular weight is 292 g/mol. The molecule has 2 N–H and O–H groups in total. The smallest absolute Gasteiger partial charge is 0.224 e. The summed E-state index contributed by atoms with van der Waals surface area (Å²) in [5.41, 5.74) is 1.90. The van der Waals surface area contributed by atoms with E-state index in [1.807, 2.05) is 13.8 Å². The highest BCUT2D eigenvalue weighted by molar-refractivity contribution is 5.41. The maximum absolute atomic E-state index is 13.6. The SMILES string of the molecule is CCNc1ncc(F)c(NCCc2ccc(F)cc2C)n1. The van der Waals surface area contributed by atoms with E-state index in [1.54, 1.807) is 6.07 Å². The van der Waals surface area contributed by atoms with Gasteiger partial charge in [0.25, 0.3) is 0 Å². The number of halogens is 2. The average Bonchev–Trinajstić information content (AvgIpc) is 2.45. The molecule has 112 valence electrons. The summed E-state index contributed by atoms with van der Waals surface area (Å²) >= 11 is 0. The summed E-state index contributed by atoms with van der Waals surface area (Å²) in [5, 5.41) is 5.87. The van der Waals surface area contributed by atoms with E-state index in [1.165, 1.54) is 12.1 Å². The molecule has 0 bridgehead atoms. The van der Waals surface area contributed by atoms with E-state index >= 15 is 0 Å². The van der Waals surface area contributed by atoms with Crippen LogP contribution in [0.3, 0.4) is 0 Å². The van der Waals surface area contributed by atoms with Crippen LogP contribution in [-0.4, -0.2) is 23.1 Å². The number of benzene rings is 1. The zero-order valence-electron chi connectivity index (χ0n) is 12.1. The lowest BCUT2D eigenvalue weighted by molar-refractivity contribution is 0.617. The van der Waals surface area contributed by atoms with Crippen LogP contribution in [0.5, 0.6) is 0 Å². The summed E-state index contributed by atoms with van der Waals surface area (Å²) < 4.78 is 26.6. The van der Waals surface area contributed by atoms with Crippen molar-refractivity contribution in [1.82, 2.24) is 9.97 Å². The van der Waals surface area contributed by atoms with E-state index in [0.29, 0.717) is 25.5 Å². The lowest BCUT2D eigenvalue weighted by Gasteiger charge is -2.10. The van der Waals surface area contributed by atoms with Crippen molar-refractivity contribution in [2.24, 2.45) is 0 Å². The predicted octanol–water partition coefficient (Wildman–Crippen LogP) is 3.15. The van der Waals surface area contributed by atoms with Crippen LogP contribution in [0.4, 0.5) is 20.5 Å². The first-order valence-electron chi connectivity index (χ1n) is 6.85. The molecule has 0 radical (unpaired) electrons. The normalized spacial score (nSPS) is 10.5. The van der Waals surface area contributed by atoms with Crippen molar-refractivity contribution >= 4 is 11.8 Å². The van der Waals surface area contributed by atoms with E-state index in [2.05, 4.69) is 20.6 Å². The first kappa shape index (κ1) is 15.2. The first-order valence-corrected chi connectivity index (χ1v) is 6.85. The lowest BCUT2D eigenvalue weighted by Crippen LogP contribution is -2.11. The van der Waals surface area contributed by atoms with Gasteiger partial charge in [-0.15, -0.1) is 0 Å². The van der Waals surface area contributed by atoms with Crippen LogP contribution >= 0.6 is 0 Å². The first-order chi connectivity index (χ1) is 10.1. The molecule has 0 aliphatic rings. The Hall–Kier alpha value is -2.24. The zero-order valence-corrected chi connectivity index (χ0v) is 12.1. The van der Waals surface area contributed by atoms with Gasteiger partial charge in [0.05, 0.1) is 6.20 Å². The van der Waals surface area contributed by atoms with Crippen LogP contribution in [0.2, 0.25) is 0 Å². The van der Waals surface area contributed by atoms with Crippen molar-refractivity contribution in [3.63, 3.8) is 0 Å². The van der Waals surface area contributed by atoms with Gasteiger partial charge in [0.2, 0.25) is 5.95 Å². The summed E-state index contributed by atoms with van der Waals surface area (Å²) in [4.78, 5) is 7.90. The lowest BCUT2D eigenvalue weighted by atomic mass is 10.1. The summed E-state index contributed by atoms with van der Waals surface area (Å²) in [6.45, 7) is 4.94. The van der Waals surface area contributed by atoms with Crippen molar-refractivity contribution in [2.75, 3.05) is 23.7 Å². The summed E-state index contributed by atoms with van der Waals surface area (Å²) in [6.07, 6.45) is 1.79. The third-order valence-electron chi connectivity index (χ3n) is 3.07. The van der Waals surface area contributed by atoms with Crippen LogP contribution in [0.25, 0.3) is 0 Å². The largest absolute Gasteiger partial charge is 0.367 e. The second-order valence-electron chi connectivity index (χ2n) is 4.67. The van der Waals surface area contributed by atoms with Gasteiger partial charge in [-0.25, -0.2) is 13.8 Å². The molecule has 0 fully saturated rings. The van der Waals surface area contributed by atoms with Crippen LogP contribution in [0.15, 0.2) is 24.4 Å². The zero-order chi connectivity index (χ0) is 15.2. The molecule has 0 atom stereocenters. The number of rotatable bonds is 6. The fourth-order valence-electron chi connectivity index (χ4n) is 1.99. The van der Waals surface area contributed by atoms with Crippen molar-refractivity contribution in [3.05, 3.63) is 47.2 Å². The number of aromatic nitrogens is 2. The van der Waals surface area contributed by atoms with E-state index in [9.17, 15) is 8.78 Å². The van der Waals surface area contributed by atoms with E-state index in [-0.39, 0.29) is 11.6 Å². The van der Waals surface area contributed by atoms with E-state index < -0.39 is 5.82 Å². The second kappa shape index (κ2) is 6.97. The molecule has 6 heteroatoms. The quantitative estimate of drug-likeness (QED) is 0.858.